The van der Waals surface area contributed by atoms with Crippen molar-refractivity contribution in [1.29, 1.82) is 0 Å². The Bertz CT molecular complexity index is 3940. The van der Waals surface area contributed by atoms with Crippen LogP contribution in [0, 0.1) is 13.8 Å². The lowest BCUT2D eigenvalue weighted by atomic mass is 9.88. The smallest absolute Gasteiger partial charge is 0.139 e. The third-order valence-corrected chi connectivity index (χ3v) is 24.3. The van der Waals surface area contributed by atoms with Crippen LogP contribution in [0.4, 0.5) is 11.6 Å². The molecule has 8 aliphatic rings. The molecule has 16 rings (SSSR count). The normalized spacial score (nSPS) is 24.3. The Morgan fingerprint density at radius 1 is 0.434 bits per heavy atom. The van der Waals surface area contributed by atoms with E-state index in [0.29, 0.717) is 24.0 Å². The highest BCUT2D eigenvalue weighted by Crippen LogP contribution is 2.47. The van der Waals surface area contributed by atoms with Gasteiger partial charge < -0.3 is 19.6 Å². The number of hydrogen-bond acceptors (Lipinski definition) is 15. The average molecular weight is 1400 g/mol. The van der Waals surface area contributed by atoms with E-state index in [4.69, 9.17) is 64.7 Å². The van der Waals surface area contributed by atoms with Gasteiger partial charge in [-0.05, 0) is 204 Å². The number of hydrogen-bond donors (Lipinski definition) is 0. The standard InChI is InChI=1S/C26H33ClN6.C26H37ClN6.C26H35ClN6/c1-18-6-5-13-28-24(18)20-7-3-8-21(30(20)2)25-26(27)33-22(29-25)9-4-10-23(33)32-16-14-31(15-17-32)19-11-12-19;1-18(2)19-8-7-13-28-24(19)20-9-5-10-21(31(20)4)25-26(27)33-22(29-25)11-6-12-23(33)32-16-14-30(3)15-17-32;1-18(2)31-14-16-32(17-15-31)23-12-6-11-22-29-25(26(27)33(22)23)21-10-5-9-20(30(21)4)24-19(3)8-7-13-28-24/h4-6,9-10,13,19-21H,3,7-8,11-12,14-17H2,1-2H3;7-8,12-13,18,20-21H,5-6,9-11,14-17H2,1-4H3;6-8,11-13,18,20-21H,5,9-10,14-17H2,1-4H3. The number of aromatic nitrogens is 9. The Balaban J connectivity index is 0.000000127. The lowest BCUT2D eigenvalue weighted by molar-refractivity contribution is 0.109. The van der Waals surface area contributed by atoms with E-state index in [1.54, 1.807) is 0 Å². The van der Waals surface area contributed by atoms with Gasteiger partial charge in [0, 0.05) is 116 Å². The van der Waals surface area contributed by atoms with Crippen molar-refractivity contribution in [3.05, 3.63) is 170 Å². The molecule has 8 aromatic rings. The number of nitrogens with zero attached hydrogens (tertiary/aromatic N) is 18. The molecule has 7 fully saturated rings. The molecular formula is C78H105Cl3N18. The number of anilines is 2. The van der Waals surface area contributed by atoms with E-state index in [-0.39, 0.29) is 24.2 Å². The van der Waals surface area contributed by atoms with Gasteiger partial charge in [-0.3, -0.25) is 52.8 Å². The molecule has 15 heterocycles. The van der Waals surface area contributed by atoms with Crippen molar-refractivity contribution in [2.75, 3.05) is 117 Å². The molecule has 1 saturated carbocycles. The zero-order valence-corrected chi connectivity index (χ0v) is 62.6. The molecule has 1 aliphatic carbocycles. The molecule has 0 aromatic carbocycles. The molecule has 6 unspecified atom stereocenters. The fourth-order valence-corrected chi connectivity index (χ4v) is 18.4. The van der Waals surface area contributed by atoms with E-state index >= 15 is 0 Å². The number of piperazine rings is 3. The van der Waals surface area contributed by atoms with Crippen LogP contribution in [0.15, 0.2) is 97.5 Å². The highest BCUT2D eigenvalue weighted by Gasteiger charge is 2.40. The summed E-state index contributed by atoms with van der Waals surface area (Å²) in [6.07, 6.45) is 22.9. The van der Waals surface area contributed by atoms with Crippen molar-refractivity contribution < 1.29 is 0 Å². The van der Waals surface area contributed by atoms with Crippen molar-refractivity contribution in [1.82, 2.24) is 77.6 Å². The van der Waals surface area contributed by atoms with E-state index in [0.717, 1.165) is 211 Å². The number of imidazole rings is 3. The maximum Gasteiger partial charge on any atom is 0.139 e. The maximum absolute atomic E-state index is 7.14. The monoisotopic (exact) mass is 1400 g/mol. The van der Waals surface area contributed by atoms with Crippen molar-refractivity contribution in [3.8, 4) is 0 Å². The third kappa shape index (κ3) is 14.3. The summed E-state index contributed by atoms with van der Waals surface area (Å²) in [6.45, 7) is 26.1. The van der Waals surface area contributed by atoms with Crippen LogP contribution in [0.2, 0.25) is 15.5 Å². The minimum absolute atomic E-state index is 0.184. The van der Waals surface area contributed by atoms with Gasteiger partial charge in [0.1, 0.15) is 50.0 Å². The Hall–Kier alpha value is -6.19. The Morgan fingerprint density at radius 3 is 1.33 bits per heavy atom. The number of halogens is 3. The highest BCUT2D eigenvalue weighted by atomic mass is 35.5. The van der Waals surface area contributed by atoms with E-state index in [9.17, 15) is 0 Å². The average Bonchev–Trinajstić information content (AvgIpc) is 1.67. The lowest BCUT2D eigenvalue weighted by Gasteiger charge is -2.39. The van der Waals surface area contributed by atoms with E-state index in [1.807, 2.05) is 30.7 Å². The molecule has 0 spiro atoms. The quantitative estimate of drug-likeness (QED) is 0.115. The number of fused-ring (bicyclic) bond motifs is 3. The summed E-state index contributed by atoms with van der Waals surface area (Å²) >= 11 is 21.4. The number of allylic oxidation sites excluding steroid dienone is 1. The molecule has 8 aromatic heterocycles. The molecule has 0 amide bonds. The molecular weight excluding hydrogens is 1300 g/mol. The molecule has 0 N–H and O–H groups in total. The van der Waals surface area contributed by atoms with Crippen LogP contribution >= 0.6 is 34.8 Å². The predicted octanol–water partition coefficient (Wildman–Crippen LogP) is 14.9. The van der Waals surface area contributed by atoms with Gasteiger partial charge >= 0.3 is 0 Å². The fourth-order valence-electron chi connectivity index (χ4n) is 17.3. The first-order chi connectivity index (χ1) is 48.0. The van der Waals surface area contributed by atoms with Crippen LogP contribution in [0.1, 0.15) is 204 Å². The van der Waals surface area contributed by atoms with Crippen LogP contribution in [-0.2, 0) is 6.42 Å². The third-order valence-electron chi connectivity index (χ3n) is 23.2. The maximum atomic E-state index is 7.14. The summed E-state index contributed by atoms with van der Waals surface area (Å²) in [4.78, 5) is 52.0. The summed E-state index contributed by atoms with van der Waals surface area (Å²) in [5.41, 5.74) is 12.3. The molecule has 528 valence electrons. The first kappa shape index (κ1) is 69.9. The van der Waals surface area contributed by atoms with Gasteiger partial charge in [0.2, 0.25) is 0 Å². The van der Waals surface area contributed by atoms with Gasteiger partial charge in [-0.2, -0.15) is 0 Å². The van der Waals surface area contributed by atoms with E-state index in [2.05, 4.69) is 194 Å². The van der Waals surface area contributed by atoms with Crippen LogP contribution in [0.3, 0.4) is 0 Å². The van der Waals surface area contributed by atoms with Crippen LogP contribution in [-0.4, -0.2) is 196 Å². The van der Waals surface area contributed by atoms with Gasteiger partial charge in [0.15, 0.2) is 0 Å². The number of rotatable bonds is 12. The van der Waals surface area contributed by atoms with Crippen molar-refractivity contribution in [2.45, 2.75) is 179 Å². The van der Waals surface area contributed by atoms with Crippen LogP contribution in [0.5, 0.6) is 0 Å². The molecule has 21 heteroatoms. The number of aryl methyl sites for hydroxylation is 3. The summed E-state index contributed by atoms with van der Waals surface area (Å²) < 4.78 is 6.57. The molecule has 0 radical (unpaired) electrons. The second-order valence-electron chi connectivity index (χ2n) is 30.0. The fraction of sp³-hybridized carbons (Fsp3) is 0.564. The number of likely N-dealkylation sites (tertiary alicyclic amines) is 3. The molecule has 0 bridgehead atoms. The van der Waals surface area contributed by atoms with E-state index in [1.165, 1.54) is 58.3 Å². The van der Waals surface area contributed by atoms with Crippen molar-refractivity contribution >= 4 is 63.6 Å². The SMILES string of the molecule is CC(C)c1cccnc1C1CCCC(c2nc3n(c2Cl)C(N2CCN(C)CC2)=CCC3)N1C.Cc1cccnc1C1CCCC(c2nc3cccc(N4CCN(C(C)C)CC4)n3c2Cl)N1C.Cc1cccnc1C1CCCC(c2nc3cccc(N4CCN(C5CC5)CC4)n3c2Cl)N1C. The first-order valence-electron chi connectivity index (χ1n) is 37.2. The second-order valence-corrected chi connectivity index (χ2v) is 31.0. The van der Waals surface area contributed by atoms with Crippen LogP contribution < -0.4 is 9.80 Å². The zero-order valence-electron chi connectivity index (χ0n) is 60.3. The van der Waals surface area contributed by atoms with Gasteiger partial charge in [-0.1, -0.05) is 79.0 Å². The summed E-state index contributed by atoms with van der Waals surface area (Å²) in [5.74, 6) is 5.12. The molecule has 6 atom stereocenters. The number of likely N-dealkylation sites (N-methyl/N-ethyl adjacent to an activating group) is 1. The highest BCUT2D eigenvalue weighted by molar-refractivity contribution is 6.31. The van der Waals surface area contributed by atoms with Crippen molar-refractivity contribution in [3.63, 3.8) is 0 Å². The molecule has 99 heavy (non-hydrogen) atoms. The van der Waals surface area contributed by atoms with Crippen molar-refractivity contribution in [2.24, 2.45) is 0 Å². The van der Waals surface area contributed by atoms with Gasteiger partial charge in [-0.15, -0.1) is 0 Å². The summed E-state index contributed by atoms with van der Waals surface area (Å²) in [5, 5.41) is 2.32. The largest absolute Gasteiger partial charge is 0.355 e. The predicted molar refractivity (Wildman–Crippen MR) is 403 cm³/mol. The Labute approximate surface area is 603 Å². The zero-order chi connectivity index (χ0) is 68.8. The summed E-state index contributed by atoms with van der Waals surface area (Å²) in [7, 11) is 8.84. The lowest BCUT2D eigenvalue weighted by Crippen LogP contribution is -2.49. The van der Waals surface area contributed by atoms with Gasteiger partial charge in [0.25, 0.3) is 0 Å². The molecule has 7 aliphatic heterocycles. The minimum atomic E-state index is 0.184. The summed E-state index contributed by atoms with van der Waals surface area (Å²) in [6, 6.07) is 28.3. The second kappa shape index (κ2) is 30.4. The number of pyridine rings is 5. The first-order valence-corrected chi connectivity index (χ1v) is 38.3. The topological polar surface area (TPSA) is 120 Å². The number of piperidine rings is 3. The van der Waals surface area contributed by atoms with Gasteiger partial charge in [0.05, 0.1) is 70.4 Å². The molecule has 6 saturated heterocycles. The Morgan fingerprint density at radius 2 is 0.869 bits per heavy atom. The minimum Gasteiger partial charge on any atom is -0.355 e. The van der Waals surface area contributed by atoms with E-state index < -0.39 is 0 Å². The molecule has 18 nitrogen and oxygen atoms in total. The van der Waals surface area contributed by atoms with Crippen LogP contribution in [0.25, 0.3) is 17.1 Å². The Kier molecular flexibility index (Phi) is 21.5. The van der Waals surface area contributed by atoms with Gasteiger partial charge in [-0.25, -0.2) is 15.0 Å².